The lowest BCUT2D eigenvalue weighted by Gasteiger charge is -2.26. The molecule has 0 unspecified atom stereocenters. The zero-order chi connectivity index (χ0) is 24.9. The Morgan fingerprint density at radius 2 is 2.03 bits per heavy atom. The smallest absolute Gasteiger partial charge is 0.437 e. The number of H-pyrrole nitrogens is 1. The summed E-state index contributed by atoms with van der Waals surface area (Å²) in [5.41, 5.74) is -0.699. The molecular formula is C22H29F3N6O3. The summed E-state index contributed by atoms with van der Waals surface area (Å²) >= 11 is 0. The highest BCUT2D eigenvalue weighted by Gasteiger charge is 2.37. The minimum absolute atomic E-state index is 0.0112. The lowest BCUT2D eigenvalue weighted by molar-refractivity contribution is -0.141. The van der Waals surface area contributed by atoms with Crippen molar-refractivity contribution in [3.63, 3.8) is 0 Å². The first-order valence-corrected chi connectivity index (χ1v) is 11.1. The van der Waals surface area contributed by atoms with Crippen molar-refractivity contribution in [2.75, 3.05) is 20.2 Å². The van der Waals surface area contributed by atoms with Gasteiger partial charge in [-0.15, -0.1) is 10.2 Å². The predicted octanol–water partition coefficient (Wildman–Crippen LogP) is 4.20. The van der Waals surface area contributed by atoms with Gasteiger partial charge in [0.1, 0.15) is 5.75 Å². The number of rotatable bonds is 11. The summed E-state index contributed by atoms with van der Waals surface area (Å²) in [5.74, 6) is 1.01. The number of benzene rings is 1. The second-order valence-corrected chi connectivity index (χ2v) is 9.06. The van der Waals surface area contributed by atoms with E-state index in [-0.39, 0.29) is 22.3 Å². The highest BCUT2D eigenvalue weighted by molar-refractivity contribution is 5.85. The molecule has 34 heavy (non-hydrogen) atoms. The average Bonchev–Trinajstić information content (AvgIpc) is 3.41. The van der Waals surface area contributed by atoms with Gasteiger partial charge in [0.25, 0.3) is 0 Å². The molecule has 186 valence electrons. The third kappa shape index (κ3) is 6.23. The number of aryl methyl sites for hydroxylation is 1. The number of nitrogens with zero attached hydrogens (tertiary/aromatic N) is 5. The van der Waals surface area contributed by atoms with Crippen molar-refractivity contribution in [1.82, 2.24) is 30.7 Å². The van der Waals surface area contributed by atoms with E-state index in [1.165, 1.54) is 12.1 Å². The number of carbonyl (C=O) groups excluding carboxylic acids is 1. The normalized spacial score (nSPS) is 12.3. The van der Waals surface area contributed by atoms with Gasteiger partial charge >= 0.3 is 6.18 Å². The first-order valence-electron chi connectivity index (χ1n) is 11.1. The van der Waals surface area contributed by atoms with Crippen molar-refractivity contribution >= 4 is 16.9 Å². The molecule has 9 nitrogen and oxygen atoms in total. The van der Waals surface area contributed by atoms with Crippen LogP contribution in [0, 0.1) is 5.41 Å². The van der Waals surface area contributed by atoms with Gasteiger partial charge in [0.15, 0.2) is 17.1 Å². The Morgan fingerprint density at radius 1 is 1.26 bits per heavy atom. The van der Waals surface area contributed by atoms with Crippen LogP contribution in [0.2, 0.25) is 0 Å². The molecule has 0 aliphatic heterocycles. The lowest BCUT2D eigenvalue weighted by Crippen LogP contribution is -2.33. The molecule has 0 saturated heterocycles. The van der Waals surface area contributed by atoms with Crippen LogP contribution < -0.4 is 4.74 Å². The number of aromatic amines is 1. The minimum atomic E-state index is -4.59. The van der Waals surface area contributed by atoms with Crippen LogP contribution in [-0.2, 0) is 23.8 Å². The molecule has 0 bridgehead atoms. The molecular weight excluding hydrogens is 453 g/mol. The molecule has 12 heteroatoms. The number of tetrazole rings is 1. The second kappa shape index (κ2) is 10.4. The molecule has 3 aromatic rings. The van der Waals surface area contributed by atoms with Crippen LogP contribution in [0.4, 0.5) is 13.2 Å². The fourth-order valence-electron chi connectivity index (χ4n) is 3.77. The molecule has 1 N–H and O–H groups in total. The third-order valence-corrected chi connectivity index (χ3v) is 5.45. The quantitative estimate of drug-likeness (QED) is 0.408. The number of nitrogens with one attached hydrogen (secondary N) is 1. The monoisotopic (exact) mass is 482 g/mol. The molecule has 0 spiro atoms. The zero-order valence-corrected chi connectivity index (χ0v) is 19.7. The summed E-state index contributed by atoms with van der Waals surface area (Å²) in [6.07, 6.45) is -1.99. The maximum absolute atomic E-state index is 13.2. The molecule has 0 atom stereocenters. The second-order valence-electron chi connectivity index (χ2n) is 9.06. The Bertz CT molecular complexity index is 1100. The van der Waals surface area contributed by atoms with Crippen LogP contribution >= 0.6 is 0 Å². The third-order valence-electron chi connectivity index (χ3n) is 5.45. The van der Waals surface area contributed by atoms with E-state index in [1.807, 2.05) is 20.8 Å². The van der Waals surface area contributed by atoms with Gasteiger partial charge in [-0.3, -0.25) is 4.79 Å². The minimum Gasteiger partial charge on any atom is -0.493 e. The number of ether oxygens (including phenoxy) is 1. The summed E-state index contributed by atoms with van der Waals surface area (Å²) in [6.45, 7) is 6.63. The van der Waals surface area contributed by atoms with Crippen LogP contribution in [0.5, 0.6) is 5.75 Å². The van der Waals surface area contributed by atoms with Crippen LogP contribution in [0.3, 0.4) is 0 Å². The molecule has 2 aromatic heterocycles. The van der Waals surface area contributed by atoms with Gasteiger partial charge in [-0.05, 0) is 30.4 Å². The number of aromatic nitrogens is 5. The van der Waals surface area contributed by atoms with Crippen molar-refractivity contribution in [3.8, 4) is 5.75 Å². The molecule has 1 amide bonds. The van der Waals surface area contributed by atoms with E-state index in [4.69, 9.17) is 9.26 Å². The summed E-state index contributed by atoms with van der Waals surface area (Å²) in [4.78, 5) is 14.3. The van der Waals surface area contributed by atoms with Crippen LogP contribution in [0.15, 0.2) is 16.7 Å². The highest BCUT2D eigenvalue weighted by Crippen LogP contribution is 2.38. The summed E-state index contributed by atoms with van der Waals surface area (Å²) in [5, 5.41) is 17.0. The van der Waals surface area contributed by atoms with Crippen LogP contribution in [-0.4, -0.2) is 56.8 Å². The van der Waals surface area contributed by atoms with E-state index < -0.39 is 11.9 Å². The number of hydrogen-bond acceptors (Lipinski definition) is 7. The summed E-state index contributed by atoms with van der Waals surface area (Å²) in [7, 11) is 1.73. The van der Waals surface area contributed by atoms with Gasteiger partial charge < -0.3 is 14.2 Å². The topological polar surface area (TPSA) is 110 Å². The van der Waals surface area contributed by atoms with E-state index in [1.54, 1.807) is 11.9 Å². The molecule has 0 saturated carbocycles. The highest BCUT2D eigenvalue weighted by atomic mass is 19.4. The Hall–Kier alpha value is -3.18. The van der Waals surface area contributed by atoms with Gasteiger partial charge in [0.05, 0.1) is 12.0 Å². The Kier molecular flexibility index (Phi) is 7.78. The Morgan fingerprint density at radius 3 is 2.68 bits per heavy atom. The molecule has 3 rings (SSSR count). The molecule has 0 radical (unpaired) electrons. The SMILES string of the molecule is CCCc1c(OCCCN(C)C(=O)CC(C)(C)Cc2nn[nH]n2)ccc2c(C(F)(F)F)noc12. The first kappa shape index (κ1) is 25.4. The van der Waals surface area contributed by atoms with Crippen LogP contribution in [0.25, 0.3) is 11.0 Å². The largest absolute Gasteiger partial charge is 0.493 e. The lowest BCUT2D eigenvalue weighted by atomic mass is 9.85. The number of alkyl halides is 3. The van der Waals surface area contributed by atoms with Crippen molar-refractivity contribution in [1.29, 1.82) is 0 Å². The Balaban J connectivity index is 1.56. The number of carbonyl (C=O) groups is 1. The number of halogens is 3. The number of hydrogen-bond donors (Lipinski definition) is 1. The average molecular weight is 483 g/mol. The van der Waals surface area contributed by atoms with Gasteiger partial charge in [-0.2, -0.15) is 18.4 Å². The van der Waals surface area contributed by atoms with Crippen molar-refractivity contribution in [2.45, 2.75) is 59.1 Å². The fourth-order valence-corrected chi connectivity index (χ4v) is 3.77. The van der Waals surface area contributed by atoms with E-state index in [9.17, 15) is 18.0 Å². The Labute approximate surface area is 195 Å². The fraction of sp³-hybridized carbons (Fsp3) is 0.591. The standard InChI is InChI=1S/C22H29F3N6O3/c1-5-7-14-16(9-8-15-19(14)34-28-20(15)22(23,24)25)33-11-6-10-31(4)18(32)13-21(2,3)12-17-26-29-30-27-17/h8-9H,5-7,10-13H2,1-4H3,(H,26,27,29,30). The summed E-state index contributed by atoms with van der Waals surface area (Å²) in [6, 6.07) is 2.85. The van der Waals surface area contributed by atoms with Crippen molar-refractivity contribution in [2.24, 2.45) is 5.41 Å². The first-order chi connectivity index (χ1) is 16.0. The van der Waals surface area contributed by atoms with Gasteiger partial charge in [-0.1, -0.05) is 37.6 Å². The van der Waals surface area contributed by atoms with Gasteiger partial charge in [0, 0.05) is 32.0 Å². The number of fused-ring (bicyclic) bond motifs is 1. The summed E-state index contributed by atoms with van der Waals surface area (Å²) < 4.78 is 50.4. The molecule has 2 heterocycles. The molecule has 0 aliphatic carbocycles. The van der Waals surface area contributed by atoms with Gasteiger partial charge in [0.2, 0.25) is 5.91 Å². The van der Waals surface area contributed by atoms with Gasteiger partial charge in [-0.25, -0.2) is 0 Å². The molecule has 1 aromatic carbocycles. The number of amides is 1. The predicted molar refractivity (Wildman–Crippen MR) is 117 cm³/mol. The molecule has 0 aliphatic rings. The van der Waals surface area contributed by atoms with E-state index in [0.29, 0.717) is 62.4 Å². The molecule has 0 fully saturated rings. The van der Waals surface area contributed by atoms with E-state index in [2.05, 4.69) is 25.8 Å². The zero-order valence-electron chi connectivity index (χ0n) is 19.7. The van der Waals surface area contributed by atoms with Crippen molar-refractivity contribution in [3.05, 3.63) is 29.2 Å². The van der Waals surface area contributed by atoms with Crippen LogP contribution in [0.1, 0.15) is 57.1 Å². The van der Waals surface area contributed by atoms with Crippen molar-refractivity contribution < 1.29 is 27.2 Å². The van der Waals surface area contributed by atoms with E-state index in [0.717, 1.165) is 0 Å². The van der Waals surface area contributed by atoms with E-state index >= 15 is 0 Å². The maximum atomic E-state index is 13.2. The maximum Gasteiger partial charge on any atom is 0.437 e.